The minimum absolute atomic E-state index is 0.311. The van der Waals surface area contributed by atoms with Crippen molar-refractivity contribution in [2.75, 3.05) is 26.3 Å². The number of nitriles is 1. The third-order valence-corrected chi connectivity index (χ3v) is 7.68. The number of ether oxygens (including phenoxy) is 2. The van der Waals surface area contributed by atoms with Crippen LogP contribution in [0.25, 0.3) is 16.8 Å². The van der Waals surface area contributed by atoms with Crippen LogP contribution in [0, 0.1) is 32.1 Å². The molecule has 2 aliphatic rings. The number of nitrogens with zero attached hydrogens (tertiary/aromatic N) is 9. The lowest BCUT2D eigenvalue weighted by Crippen LogP contribution is -2.52. The molecule has 4 aromatic heterocycles. The van der Waals surface area contributed by atoms with Crippen LogP contribution in [0.4, 0.5) is 0 Å². The number of fused-ring (bicyclic) bond motifs is 1. The summed E-state index contributed by atoms with van der Waals surface area (Å²) in [5, 5.41) is 23.3. The number of hydrogen-bond acceptors (Lipinski definition) is 9. The van der Waals surface area contributed by atoms with Gasteiger partial charge in [-0.2, -0.15) is 10.4 Å². The summed E-state index contributed by atoms with van der Waals surface area (Å²) >= 11 is 0. The summed E-state index contributed by atoms with van der Waals surface area (Å²) in [5.41, 5.74) is 6.04. The molecule has 11 heteroatoms. The number of aromatic nitrogens is 7. The highest BCUT2D eigenvalue weighted by Crippen LogP contribution is 2.35. The average Bonchev–Trinajstić information content (AvgIpc) is 3.48. The smallest absolute Gasteiger partial charge is 0.148 e. The van der Waals surface area contributed by atoms with Crippen LogP contribution in [0.2, 0.25) is 0 Å². The number of aryl methyl sites for hydroxylation is 2. The van der Waals surface area contributed by atoms with Crippen LogP contribution in [-0.4, -0.2) is 71.8 Å². The first-order valence-electron chi connectivity index (χ1n) is 13.0. The normalized spacial score (nSPS) is 17.9. The van der Waals surface area contributed by atoms with E-state index in [1.54, 1.807) is 16.9 Å². The summed E-state index contributed by atoms with van der Waals surface area (Å²) in [4.78, 5) is 11.6. The Bertz CT molecular complexity index is 1520. The Morgan fingerprint density at radius 2 is 1.92 bits per heavy atom. The van der Waals surface area contributed by atoms with Crippen molar-refractivity contribution in [3.63, 3.8) is 0 Å². The van der Waals surface area contributed by atoms with Crippen molar-refractivity contribution in [3.05, 3.63) is 53.0 Å². The van der Waals surface area contributed by atoms with Crippen LogP contribution < -0.4 is 4.74 Å². The molecule has 1 atom stereocenters. The van der Waals surface area contributed by atoms with E-state index < -0.39 is 0 Å². The van der Waals surface area contributed by atoms with Crippen LogP contribution in [0.3, 0.4) is 0 Å². The standard InChI is InChI=1S/C27H31N9O2/c1-16-11-29-17(2)25(31-16)19(4)38-24-9-20(13-35-27(24)21(10-28)12-30-35)26-18(3)36(33-32-26)22-5-7-34(8-6-22)23-14-37-15-23/h9,11-13,19,22-23H,5-8,14-15H2,1-4H3/t19-/m0/s1. The summed E-state index contributed by atoms with van der Waals surface area (Å²) in [6, 6.07) is 5.03. The molecule has 2 fully saturated rings. The van der Waals surface area contributed by atoms with Gasteiger partial charge < -0.3 is 9.47 Å². The first kappa shape index (κ1) is 24.5. The lowest BCUT2D eigenvalue weighted by atomic mass is 10.0. The maximum Gasteiger partial charge on any atom is 0.148 e. The Morgan fingerprint density at radius 1 is 1.13 bits per heavy atom. The highest BCUT2D eigenvalue weighted by atomic mass is 16.5. The Morgan fingerprint density at radius 3 is 2.63 bits per heavy atom. The minimum Gasteiger partial charge on any atom is -0.482 e. The number of hydrogen-bond donors (Lipinski definition) is 0. The molecule has 6 rings (SSSR count). The molecule has 0 aliphatic carbocycles. The van der Waals surface area contributed by atoms with Gasteiger partial charge in [0.25, 0.3) is 0 Å². The monoisotopic (exact) mass is 513 g/mol. The molecule has 0 spiro atoms. The summed E-state index contributed by atoms with van der Waals surface area (Å²) < 4.78 is 15.6. The van der Waals surface area contributed by atoms with Gasteiger partial charge in [-0.25, -0.2) is 9.20 Å². The fourth-order valence-corrected chi connectivity index (χ4v) is 5.46. The fourth-order valence-electron chi connectivity index (χ4n) is 5.46. The molecule has 6 heterocycles. The first-order chi connectivity index (χ1) is 18.4. The molecule has 0 unspecified atom stereocenters. The number of piperidine rings is 1. The summed E-state index contributed by atoms with van der Waals surface area (Å²) in [6.07, 6.45) is 6.86. The molecule has 38 heavy (non-hydrogen) atoms. The molecule has 2 saturated heterocycles. The van der Waals surface area contributed by atoms with Crippen molar-refractivity contribution in [1.82, 2.24) is 39.5 Å². The Hall–Kier alpha value is -3.88. The Labute approximate surface area is 221 Å². The van der Waals surface area contributed by atoms with Crippen LogP contribution >= 0.6 is 0 Å². The third-order valence-electron chi connectivity index (χ3n) is 7.68. The average molecular weight is 514 g/mol. The largest absolute Gasteiger partial charge is 0.482 e. The van der Waals surface area contributed by atoms with Crippen molar-refractivity contribution >= 4 is 5.52 Å². The van der Waals surface area contributed by atoms with Crippen LogP contribution in [0.15, 0.2) is 24.7 Å². The van der Waals surface area contributed by atoms with Gasteiger partial charge in [0.1, 0.15) is 40.4 Å². The van der Waals surface area contributed by atoms with Gasteiger partial charge in [0.05, 0.1) is 48.6 Å². The SMILES string of the molecule is Cc1cnc(C)c([C@H](C)Oc2cc(-c3nnn(C4CCN(C5COC5)CC4)c3C)cn3ncc(C#N)c23)n1. The van der Waals surface area contributed by atoms with Gasteiger partial charge >= 0.3 is 0 Å². The van der Waals surface area contributed by atoms with Crippen molar-refractivity contribution in [2.24, 2.45) is 0 Å². The Balaban J connectivity index is 1.32. The second kappa shape index (κ2) is 9.78. The van der Waals surface area contributed by atoms with Gasteiger partial charge in [-0.05, 0) is 46.6 Å². The van der Waals surface area contributed by atoms with E-state index in [4.69, 9.17) is 9.47 Å². The molecule has 11 nitrogen and oxygen atoms in total. The topological polar surface area (TPSA) is 119 Å². The van der Waals surface area contributed by atoms with E-state index >= 15 is 0 Å². The second-order valence-electron chi connectivity index (χ2n) is 10.2. The van der Waals surface area contributed by atoms with Crippen LogP contribution in [-0.2, 0) is 4.74 Å². The van der Waals surface area contributed by atoms with E-state index in [2.05, 4.69) is 48.0 Å². The molecule has 0 N–H and O–H groups in total. The highest BCUT2D eigenvalue weighted by Gasteiger charge is 2.31. The zero-order valence-electron chi connectivity index (χ0n) is 22.1. The third kappa shape index (κ3) is 4.29. The first-order valence-corrected chi connectivity index (χ1v) is 13.0. The summed E-state index contributed by atoms with van der Waals surface area (Å²) in [6.45, 7) is 11.6. The number of rotatable bonds is 6. The minimum atomic E-state index is -0.383. The molecule has 0 radical (unpaired) electrons. The quantitative estimate of drug-likeness (QED) is 0.382. The number of likely N-dealkylation sites (tertiary alicyclic amines) is 1. The predicted octanol–water partition coefficient (Wildman–Crippen LogP) is 3.36. The zero-order chi connectivity index (χ0) is 26.4. The van der Waals surface area contributed by atoms with Gasteiger partial charge in [0.15, 0.2) is 0 Å². The van der Waals surface area contributed by atoms with E-state index in [1.807, 2.05) is 33.0 Å². The van der Waals surface area contributed by atoms with Crippen molar-refractivity contribution < 1.29 is 9.47 Å². The van der Waals surface area contributed by atoms with E-state index in [1.165, 1.54) is 0 Å². The molecule has 0 amide bonds. The fraction of sp³-hybridized carbons (Fsp3) is 0.481. The molecule has 4 aromatic rings. The van der Waals surface area contributed by atoms with E-state index in [0.29, 0.717) is 28.9 Å². The van der Waals surface area contributed by atoms with E-state index in [9.17, 15) is 5.26 Å². The molecular formula is C27H31N9O2. The van der Waals surface area contributed by atoms with Gasteiger partial charge in [-0.3, -0.25) is 14.9 Å². The van der Waals surface area contributed by atoms with Gasteiger partial charge in [-0.1, -0.05) is 5.21 Å². The second-order valence-corrected chi connectivity index (χ2v) is 10.2. The maximum atomic E-state index is 9.71. The lowest BCUT2D eigenvalue weighted by molar-refractivity contribution is -0.0735. The summed E-state index contributed by atoms with van der Waals surface area (Å²) in [7, 11) is 0. The molecule has 0 aromatic carbocycles. The van der Waals surface area contributed by atoms with Gasteiger partial charge in [0.2, 0.25) is 0 Å². The van der Waals surface area contributed by atoms with Crippen LogP contribution in [0.5, 0.6) is 5.75 Å². The van der Waals surface area contributed by atoms with Gasteiger partial charge in [-0.15, -0.1) is 5.10 Å². The molecule has 196 valence electrons. The van der Waals surface area contributed by atoms with Crippen molar-refractivity contribution in [3.8, 4) is 23.1 Å². The van der Waals surface area contributed by atoms with Gasteiger partial charge in [0, 0.05) is 31.0 Å². The molecule has 0 saturated carbocycles. The predicted molar refractivity (Wildman–Crippen MR) is 139 cm³/mol. The van der Waals surface area contributed by atoms with Crippen molar-refractivity contribution in [1.29, 1.82) is 5.26 Å². The van der Waals surface area contributed by atoms with Crippen molar-refractivity contribution in [2.45, 2.75) is 58.7 Å². The number of pyridine rings is 1. The van der Waals surface area contributed by atoms with E-state index in [0.717, 1.165) is 73.2 Å². The maximum absolute atomic E-state index is 9.71. The Kier molecular flexibility index (Phi) is 6.29. The lowest BCUT2D eigenvalue weighted by Gasteiger charge is -2.41. The molecule has 0 bridgehead atoms. The van der Waals surface area contributed by atoms with E-state index in [-0.39, 0.29) is 6.10 Å². The zero-order valence-corrected chi connectivity index (χ0v) is 22.1. The van der Waals surface area contributed by atoms with Crippen LogP contribution in [0.1, 0.15) is 60.3 Å². The highest BCUT2D eigenvalue weighted by molar-refractivity contribution is 5.74. The summed E-state index contributed by atoms with van der Waals surface area (Å²) in [5.74, 6) is 0.539. The molecule has 2 aliphatic heterocycles. The molecular weight excluding hydrogens is 482 g/mol.